The zero-order chi connectivity index (χ0) is 27.3. The van der Waals surface area contributed by atoms with E-state index in [1.165, 1.54) is 19.1 Å². The number of nitrogens with one attached hydrogen (secondary N) is 1. The van der Waals surface area contributed by atoms with Crippen LogP contribution in [0.25, 0.3) is 11.3 Å². The van der Waals surface area contributed by atoms with Crippen molar-refractivity contribution in [1.82, 2.24) is 9.97 Å². The van der Waals surface area contributed by atoms with Gasteiger partial charge >= 0.3 is 6.18 Å². The number of carbonyl (C=O) groups excluding carboxylic acids is 1. The summed E-state index contributed by atoms with van der Waals surface area (Å²) in [6.07, 6.45) is -4.72. The third kappa shape index (κ3) is 6.85. The molecule has 1 N–H and O–H groups in total. The van der Waals surface area contributed by atoms with Gasteiger partial charge in [0.05, 0.1) is 27.6 Å². The second-order valence-corrected chi connectivity index (χ2v) is 9.23. The molecule has 0 radical (unpaired) electrons. The highest BCUT2D eigenvalue weighted by Gasteiger charge is 2.34. The predicted molar refractivity (Wildman–Crippen MR) is 136 cm³/mol. The minimum Gasteiger partial charge on any atom is -0.457 e. The Morgan fingerprint density at radius 3 is 2.26 bits per heavy atom. The maximum absolute atomic E-state index is 13.5. The molecule has 4 aromatic rings. The van der Waals surface area contributed by atoms with Crippen LogP contribution < -0.4 is 10.1 Å². The van der Waals surface area contributed by atoms with Crippen LogP contribution in [0, 0.1) is 10.1 Å². The van der Waals surface area contributed by atoms with Gasteiger partial charge in [-0.1, -0.05) is 60.3 Å². The van der Waals surface area contributed by atoms with E-state index in [1.54, 1.807) is 60.7 Å². The number of anilines is 1. The normalized spacial score (nSPS) is 12.0. The van der Waals surface area contributed by atoms with Crippen LogP contribution in [0.3, 0.4) is 0 Å². The molecular weight excluding hydrogens is 521 g/mol. The number of benzene rings is 3. The van der Waals surface area contributed by atoms with Gasteiger partial charge in [0.1, 0.15) is 17.2 Å². The van der Waals surface area contributed by atoms with Gasteiger partial charge in [-0.05, 0) is 25.1 Å². The quantitative estimate of drug-likeness (QED) is 0.111. The largest absolute Gasteiger partial charge is 0.457 e. The van der Waals surface area contributed by atoms with Crippen LogP contribution in [0.1, 0.15) is 12.6 Å². The molecule has 0 saturated heterocycles. The first-order valence-electron chi connectivity index (χ1n) is 11.1. The maximum atomic E-state index is 13.5. The fourth-order valence-electron chi connectivity index (χ4n) is 3.28. The molecule has 4 rings (SSSR count). The summed E-state index contributed by atoms with van der Waals surface area (Å²) < 4.78 is 46.2. The molecular formula is C26H19F3N4O4S. The summed E-state index contributed by atoms with van der Waals surface area (Å²) in [6.45, 7) is 1.46. The number of ether oxygens (including phenoxy) is 1. The SMILES string of the molecule is C[C@@H](Sc1nc(-c2ccccc2)cc(C(F)(F)F)n1)C(=O)Nc1cc(Oc2ccccc2)cc([N+](=O)[O-])c1. The van der Waals surface area contributed by atoms with Crippen molar-refractivity contribution in [3.8, 4) is 22.8 Å². The summed E-state index contributed by atoms with van der Waals surface area (Å²) in [7, 11) is 0. The first-order chi connectivity index (χ1) is 18.1. The van der Waals surface area contributed by atoms with Crippen LogP contribution in [-0.4, -0.2) is 26.0 Å². The highest BCUT2D eigenvalue weighted by molar-refractivity contribution is 8.00. The van der Waals surface area contributed by atoms with Gasteiger partial charge in [-0.3, -0.25) is 14.9 Å². The van der Waals surface area contributed by atoms with Crippen molar-refractivity contribution in [2.45, 2.75) is 23.5 Å². The number of thioether (sulfide) groups is 1. The molecule has 38 heavy (non-hydrogen) atoms. The Kier molecular flexibility index (Phi) is 7.91. The van der Waals surface area contributed by atoms with E-state index in [9.17, 15) is 28.1 Å². The number of hydrogen-bond donors (Lipinski definition) is 1. The summed E-state index contributed by atoms with van der Waals surface area (Å²) in [4.78, 5) is 31.5. The first kappa shape index (κ1) is 26.6. The van der Waals surface area contributed by atoms with E-state index in [2.05, 4.69) is 15.3 Å². The Balaban J connectivity index is 1.56. The molecule has 0 aliphatic heterocycles. The van der Waals surface area contributed by atoms with Crippen LogP contribution in [-0.2, 0) is 11.0 Å². The molecule has 0 unspecified atom stereocenters. The van der Waals surface area contributed by atoms with Crippen molar-refractivity contribution in [2.75, 3.05) is 5.32 Å². The summed E-state index contributed by atoms with van der Waals surface area (Å²) in [5, 5.41) is 12.8. The number of amides is 1. The molecule has 0 aliphatic carbocycles. The maximum Gasteiger partial charge on any atom is 0.433 e. The molecule has 0 saturated carbocycles. The second-order valence-electron chi connectivity index (χ2n) is 7.92. The molecule has 1 heterocycles. The predicted octanol–water partition coefficient (Wildman–Crippen LogP) is 6.98. The number of nitro benzene ring substituents is 1. The van der Waals surface area contributed by atoms with Crippen molar-refractivity contribution in [1.29, 1.82) is 0 Å². The highest BCUT2D eigenvalue weighted by atomic mass is 32.2. The summed E-state index contributed by atoms with van der Waals surface area (Å²) in [5.41, 5.74) is -0.852. The number of non-ortho nitro benzene ring substituents is 1. The van der Waals surface area contributed by atoms with Gasteiger partial charge in [0.2, 0.25) is 5.91 Å². The van der Waals surface area contributed by atoms with Crippen LogP contribution in [0.5, 0.6) is 11.5 Å². The van der Waals surface area contributed by atoms with Crippen molar-refractivity contribution < 1.29 is 27.6 Å². The molecule has 3 aromatic carbocycles. The van der Waals surface area contributed by atoms with Crippen molar-refractivity contribution in [2.24, 2.45) is 0 Å². The molecule has 0 aliphatic rings. The van der Waals surface area contributed by atoms with E-state index in [1.807, 2.05) is 0 Å². The molecule has 0 fully saturated rings. The van der Waals surface area contributed by atoms with Gasteiger partial charge in [-0.25, -0.2) is 9.97 Å². The fourth-order valence-corrected chi connectivity index (χ4v) is 4.06. The van der Waals surface area contributed by atoms with E-state index in [0.717, 1.165) is 23.9 Å². The number of carbonyl (C=O) groups is 1. The van der Waals surface area contributed by atoms with Crippen molar-refractivity contribution in [3.05, 3.63) is 101 Å². The lowest BCUT2D eigenvalue weighted by Crippen LogP contribution is -2.23. The van der Waals surface area contributed by atoms with Crippen LogP contribution >= 0.6 is 11.8 Å². The zero-order valence-electron chi connectivity index (χ0n) is 19.7. The molecule has 12 heteroatoms. The van der Waals surface area contributed by atoms with Crippen LogP contribution in [0.4, 0.5) is 24.5 Å². The summed E-state index contributed by atoms with van der Waals surface area (Å²) >= 11 is 0.728. The van der Waals surface area contributed by atoms with Gasteiger partial charge in [0.25, 0.3) is 5.69 Å². The van der Waals surface area contributed by atoms with Crippen LogP contribution in [0.2, 0.25) is 0 Å². The van der Waals surface area contributed by atoms with E-state index >= 15 is 0 Å². The number of halogens is 3. The van der Waals surface area contributed by atoms with Gasteiger partial charge in [-0.15, -0.1) is 0 Å². The minimum absolute atomic E-state index is 0.0596. The molecule has 1 amide bonds. The first-order valence-corrected chi connectivity index (χ1v) is 12.0. The third-order valence-corrected chi connectivity index (χ3v) is 6.03. The van der Waals surface area contributed by atoms with Gasteiger partial charge in [-0.2, -0.15) is 13.2 Å². The van der Waals surface area contributed by atoms with E-state index in [-0.39, 0.29) is 28.0 Å². The molecule has 1 atom stereocenters. The number of nitrogens with zero attached hydrogens (tertiary/aromatic N) is 3. The van der Waals surface area contributed by atoms with Crippen LogP contribution in [0.15, 0.2) is 90.1 Å². The Bertz CT molecular complexity index is 1450. The van der Waals surface area contributed by atoms with Crippen molar-refractivity contribution in [3.63, 3.8) is 0 Å². The Morgan fingerprint density at radius 1 is 0.974 bits per heavy atom. The van der Waals surface area contributed by atoms with E-state index < -0.39 is 28.0 Å². The molecule has 8 nitrogen and oxygen atoms in total. The lowest BCUT2D eigenvalue weighted by atomic mass is 10.1. The lowest BCUT2D eigenvalue weighted by molar-refractivity contribution is -0.384. The molecule has 0 bridgehead atoms. The Morgan fingerprint density at radius 2 is 1.63 bits per heavy atom. The number of hydrogen-bond acceptors (Lipinski definition) is 7. The third-order valence-electron chi connectivity index (χ3n) is 5.07. The Hall–Kier alpha value is -4.45. The fraction of sp³-hybridized carbons (Fsp3) is 0.115. The monoisotopic (exact) mass is 540 g/mol. The molecule has 194 valence electrons. The second kappa shape index (κ2) is 11.3. The average molecular weight is 541 g/mol. The van der Waals surface area contributed by atoms with E-state index in [0.29, 0.717) is 11.3 Å². The summed E-state index contributed by atoms with van der Waals surface area (Å²) in [6, 6.07) is 21.5. The van der Waals surface area contributed by atoms with Gasteiger partial charge in [0.15, 0.2) is 5.16 Å². The van der Waals surface area contributed by atoms with E-state index in [4.69, 9.17) is 4.74 Å². The smallest absolute Gasteiger partial charge is 0.433 e. The molecule has 1 aromatic heterocycles. The number of aromatic nitrogens is 2. The van der Waals surface area contributed by atoms with Gasteiger partial charge in [0, 0.05) is 17.7 Å². The molecule has 0 spiro atoms. The number of alkyl halides is 3. The standard InChI is InChI=1S/C26H19F3N4O4S/c1-16(38-25-31-22(17-8-4-2-5-9-17)15-23(32-25)26(27,28)29)24(34)30-18-12-19(33(35)36)14-21(13-18)37-20-10-6-3-7-11-20/h2-16H,1H3,(H,30,34)/t16-/m1/s1. The Labute approximate surface area is 219 Å². The number of rotatable bonds is 8. The topological polar surface area (TPSA) is 107 Å². The number of para-hydroxylation sites is 1. The number of nitro groups is 1. The summed E-state index contributed by atoms with van der Waals surface area (Å²) in [5.74, 6) is -0.0664. The lowest BCUT2D eigenvalue weighted by Gasteiger charge is -2.14. The van der Waals surface area contributed by atoms with Gasteiger partial charge < -0.3 is 10.1 Å². The highest BCUT2D eigenvalue weighted by Crippen LogP contribution is 2.34. The average Bonchev–Trinajstić information content (AvgIpc) is 2.89. The van der Waals surface area contributed by atoms with Crippen molar-refractivity contribution >= 4 is 29.0 Å². The zero-order valence-corrected chi connectivity index (χ0v) is 20.5. The minimum atomic E-state index is -4.72.